The van der Waals surface area contributed by atoms with Crippen molar-refractivity contribution in [2.45, 2.75) is 38.6 Å². The summed E-state index contributed by atoms with van der Waals surface area (Å²) in [5.74, 6) is -1.05. The summed E-state index contributed by atoms with van der Waals surface area (Å²) in [7, 11) is 1.61. The molecule has 1 fully saturated rings. The number of amides is 1. The van der Waals surface area contributed by atoms with Crippen LogP contribution in [0.15, 0.2) is 18.2 Å². The lowest BCUT2D eigenvalue weighted by atomic mass is 9.85. The van der Waals surface area contributed by atoms with Gasteiger partial charge in [-0.15, -0.1) is 0 Å². The summed E-state index contributed by atoms with van der Waals surface area (Å²) in [4.78, 5) is 22.7. The summed E-state index contributed by atoms with van der Waals surface area (Å²) in [6, 6.07) is 5.71. The summed E-state index contributed by atoms with van der Waals surface area (Å²) in [6.07, 6.45) is 3.35. The summed E-state index contributed by atoms with van der Waals surface area (Å²) >= 11 is 0. The van der Waals surface area contributed by atoms with Crippen LogP contribution in [0.5, 0.6) is 0 Å². The molecule has 1 aliphatic rings. The number of carbonyl (C=O) groups is 2. The number of aliphatic carboxylic acids is 1. The van der Waals surface area contributed by atoms with Crippen LogP contribution in [0.3, 0.4) is 0 Å². The number of carboxylic acid groups (broad SMARTS) is 1. The summed E-state index contributed by atoms with van der Waals surface area (Å²) in [5, 5.41) is 15.2. The average Bonchev–Trinajstić information content (AvgIpc) is 2.48. The molecule has 21 heavy (non-hydrogen) atoms. The first-order valence-electron chi connectivity index (χ1n) is 7.33. The van der Waals surface area contributed by atoms with Gasteiger partial charge in [0.1, 0.15) is 0 Å². The van der Waals surface area contributed by atoms with Crippen molar-refractivity contribution < 1.29 is 14.7 Å². The number of benzene rings is 1. The molecule has 2 atom stereocenters. The molecule has 114 valence electrons. The summed E-state index contributed by atoms with van der Waals surface area (Å²) in [6.45, 7) is 1.95. The Bertz CT molecular complexity index is 542. The first-order valence-corrected chi connectivity index (χ1v) is 7.33. The fourth-order valence-electron chi connectivity index (χ4n) is 2.88. The topological polar surface area (TPSA) is 78.4 Å². The molecular weight excluding hydrogens is 268 g/mol. The molecule has 3 N–H and O–H groups in total. The van der Waals surface area contributed by atoms with Gasteiger partial charge in [0.15, 0.2) is 0 Å². The van der Waals surface area contributed by atoms with Crippen molar-refractivity contribution in [2.24, 2.45) is 5.92 Å². The minimum Gasteiger partial charge on any atom is -0.481 e. The van der Waals surface area contributed by atoms with E-state index < -0.39 is 5.97 Å². The average molecular weight is 290 g/mol. The standard InChI is InChI=1S/C16H22N2O3/c1-10-8-11(15(19)17-2)6-7-14(10)18-13-5-3-4-12(9-13)16(20)21/h6-8,12-13,18H,3-5,9H2,1-2H3,(H,17,19)(H,20,21). The number of carboxylic acids is 1. The van der Waals surface area contributed by atoms with E-state index in [1.807, 2.05) is 19.1 Å². The second-order valence-electron chi connectivity index (χ2n) is 5.65. The van der Waals surface area contributed by atoms with Crippen LogP contribution in [0, 0.1) is 12.8 Å². The van der Waals surface area contributed by atoms with Gasteiger partial charge in [0.2, 0.25) is 0 Å². The van der Waals surface area contributed by atoms with Gasteiger partial charge in [-0.1, -0.05) is 6.42 Å². The van der Waals surface area contributed by atoms with E-state index in [1.54, 1.807) is 13.1 Å². The third kappa shape index (κ3) is 3.74. The van der Waals surface area contributed by atoms with E-state index in [2.05, 4.69) is 10.6 Å². The summed E-state index contributed by atoms with van der Waals surface area (Å²) < 4.78 is 0. The van der Waals surface area contributed by atoms with Crippen molar-refractivity contribution >= 4 is 17.6 Å². The highest BCUT2D eigenvalue weighted by atomic mass is 16.4. The highest BCUT2D eigenvalue weighted by Crippen LogP contribution is 2.28. The Morgan fingerprint density at radius 1 is 1.29 bits per heavy atom. The van der Waals surface area contributed by atoms with Crippen molar-refractivity contribution in [2.75, 3.05) is 12.4 Å². The van der Waals surface area contributed by atoms with E-state index in [-0.39, 0.29) is 17.9 Å². The van der Waals surface area contributed by atoms with Crippen molar-refractivity contribution in [3.8, 4) is 0 Å². The van der Waals surface area contributed by atoms with E-state index in [1.165, 1.54) is 0 Å². The predicted molar refractivity (Wildman–Crippen MR) is 81.6 cm³/mol. The maximum atomic E-state index is 11.6. The van der Waals surface area contributed by atoms with Crippen molar-refractivity contribution in [1.29, 1.82) is 0 Å². The lowest BCUT2D eigenvalue weighted by Crippen LogP contribution is -2.31. The van der Waals surface area contributed by atoms with Crippen LogP contribution >= 0.6 is 0 Å². The van der Waals surface area contributed by atoms with Crippen LogP contribution in [-0.4, -0.2) is 30.1 Å². The van der Waals surface area contributed by atoms with Crippen LogP contribution in [0.4, 0.5) is 5.69 Å². The molecule has 1 amide bonds. The molecule has 1 aliphatic carbocycles. The van der Waals surface area contributed by atoms with E-state index in [9.17, 15) is 9.59 Å². The first kappa shape index (κ1) is 15.4. The summed E-state index contributed by atoms with van der Waals surface area (Å²) in [5.41, 5.74) is 2.60. The molecule has 0 saturated heterocycles. The fourth-order valence-corrected chi connectivity index (χ4v) is 2.88. The van der Waals surface area contributed by atoms with Gasteiger partial charge in [-0.25, -0.2) is 0 Å². The lowest BCUT2D eigenvalue weighted by Gasteiger charge is -2.28. The van der Waals surface area contributed by atoms with E-state index in [4.69, 9.17) is 5.11 Å². The Morgan fingerprint density at radius 3 is 2.67 bits per heavy atom. The Hall–Kier alpha value is -2.04. The molecule has 0 aliphatic heterocycles. The van der Waals surface area contributed by atoms with Gasteiger partial charge in [0.25, 0.3) is 5.91 Å². The highest BCUT2D eigenvalue weighted by Gasteiger charge is 2.27. The maximum absolute atomic E-state index is 11.6. The van der Waals surface area contributed by atoms with Crippen LogP contribution in [-0.2, 0) is 4.79 Å². The van der Waals surface area contributed by atoms with Gasteiger partial charge >= 0.3 is 5.97 Å². The van der Waals surface area contributed by atoms with Crippen molar-refractivity contribution in [1.82, 2.24) is 5.32 Å². The van der Waals surface area contributed by atoms with Crippen molar-refractivity contribution in [3.63, 3.8) is 0 Å². The van der Waals surface area contributed by atoms with Crippen LogP contribution in [0.2, 0.25) is 0 Å². The molecule has 5 heteroatoms. The minimum atomic E-state index is -0.701. The molecule has 2 unspecified atom stereocenters. The lowest BCUT2D eigenvalue weighted by molar-refractivity contribution is -0.142. The van der Waals surface area contributed by atoms with Gasteiger partial charge in [0.05, 0.1) is 5.92 Å². The monoisotopic (exact) mass is 290 g/mol. The molecule has 0 heterocycles. The molecule has 0 radical (unpaired) electrons. The molecule has 0 aromatic heterocycles. The van der Waals surface area contributed by atoms with E-state index in [0.717, 1.165) is 30.5 Å². The maximum Gasteiger partial charge on any atom is 0.306 e. The van der Waals surface area contributed by atoms with Gasteiger partial charge in [-0.2, -0.15) is 0 Å². The Kier molecular flexibility index (Phi) is 4.83. The molecule has 1 aromatic carbocycles. The van der Waals surface area contributed by atoms with Crippen LogP contribution < -0.4 is 10.6 Å². The fraction of sp³-hybridized carbons (Fsp3) is 0.500. The van der Waals surface area contributed by atoms with Crippen LogP contribution in [0.1, 0.15) is 41.6 Å². The van der Waals surface area contributed by atoms with E-state index >= 15 is 0 Å². The quantitative estimate of drug-likeness (QED) is 0.795. The number of carbonyl (C=O) groups excluding carboxylic acids is 1. The largest absolute Gasteiger partial charge is 0.481 e. The molecule has 1 aromatic rings. The van der Waals surface area contributed by atoms with Gasteiger partial charge in [-0.05, 0) is 49.9 Å². The zero-order valence-electron chi connectivity index (χ0n) is 12.5. The SMILES string of the molecule is CNC(=O)c1ccc(NC2CCCC(C(=O)O)C2)c(C)c1. The Labute approximate surface area is 124 Å². The third-order valence-electron chi connectivity index (χ3n) is 4.10. The zero-order chi connectivity index (χ0) is 15.4. The number of nitrogens with one attached hydrogen (secondary N) is 2. The van der Waals surface area contributed by atoms with Crippen LogP contribution in [0.25, 0.3) is 0 Å². The second-order valence-corrected chi connectivity index (χ2v) is 5.65. The number of hydrogen-bond donors (Lipinski definition) is 3. The molecule has 0 bridgehead atoms. The van der Waals surface area contributed by atoms with Crippen molar-refractivity contribution in [3.05, 3.63) is 29.3 Å². The molecule has 0 spiro atoms. The van der Waals surface area contributed by atoms with E-state index in [0.29, 0.717) is 12.0 Å². The number of hydrogen-bond acceptors (Lipinski definition) is 3. The number of rotatable bonds is 4. The van der Waals surface area contributed by atoms with Gasteiger partial charge < -0.3 is 15.7 Å². The molecule has 2 rings (SSSR count). The Balaban J connectivity index is 2.06. The Morgan fingerprint density at radius 2 is 2.05 bits per heavy atom. The molecule has 1 saturated carbocycles. The van der Waals surface area contributed by atoms with Gasteiger partial charge in [0, 0.05) is 24.3 Å². The zero-order valence-corrected chi connectivity index (χ0v) is 12.5. The highest BCUT2D eigenvalue weighted by molar-refractivity contribution is 5.94. The second kappa shape index (κ2) is 6.61. The third-order valence-corrected chi connectivity index (χ3v) is 4.10. The normalized spacial score (nSPS) is 21.6. The number of aryl methyl sites for hydroxylation is 1. The number of anilines is 1. The molecule has 5 nitrogen and oxygen atoms in total. The minimum absolute atomic E-state index is 0.103. The predicted octanol–water partition coefficient (Wildman–Crippen LogP) is 2.41. The smallest absolute Gasteiger partial charge is 0.306 e. The molecular formula is C16H22N2O3. The van der Waals surface area contributed by atoms with Gasteiger partial charge in [-0.3, -0.25) is 9.59 Å². The first-order chi connectivity index (χ1) is 10.0.